The molecule has 5 heteroatoms. The second-order valence-corrected chi connectivity index (χ2v) is 4.26. The molecule has 1 amide bonds. The standard InChI is InChI=1S/C12H15FN2O2/c1-8(10-4-5-17-7-10)15-12(16)9-2-3-11(13)14-6-9/h2-3,6,8,10H,4-5,7H2,1H3,(H,15,16). The zero-order chi connectivity index (χ0) is 12.3. The SMILES string of the molecule is CC(NC(=O)c1ccc(F)nc1)C1CCOC1. The van der Waals surface area contributed by atoms with Crippen LogP contribution in [0.15, 0.2) is 18.3 Å². The maximum absolute atomic E-state index is 12.6. The van der Waals surface area contributed by atoms with E-state index in [0.717, 1.165) is 13.0 Å². The Morgan fingerprint density at radius 3 is 3.06 bits per heavy atom. The van der Waals surface area contributed by atoms with E-state index in [1.54, 1.807) is 0 Å². The van der Waals surface area contributed by atoms with Gasteiger partial charge in [0.25, 0.3) is 5.91 Å². The summed E-state index contributed by atoms with van der Waals surface area (Å²) in [5.74, 6) is -0.456. The van der Waals surface area contributed by atoms with E-state index < -0.39 is 5.95 Å². The molecule has 1 aromatic rings. The van der Waals surface area contributed by atoms with Crippen molar-refractivity contribution in [3.8, 4) is 0 Å². The zero-order valence-electron chi connectivity index (χ0n) is 9.65. The number of carbonyl (C=O) groups is 1. The van der Waals surface area contributed by atoms with Gasteiger partial charge in [0.15, 0.2) is 0 Å². The summed E-state index contributed by atoms with van der Waals surface area (Å²) in [5, 5.41) is 2.88. The molecule has 0 saturated carbocycles. The third-order valence-electron chi connectivity index (χ3n) is 3.02. The first-order valence-electron chi connectivity index (χ1n) is 5.67. The quantitative estimate of drug-likeness (QED) is 0.809. The second kappa shape index (κ2) is 5.23. The van der Waals surface area contributed by atoms with Crippen LogP contribution in [0.1, 0.15) is 23.7 Å². The van der Waals surface area contributed by atoms with Gasteiger partial charge in [-0.25, -0.2) is 4.98 Å². The molecule has 4 nitrogen and oxygen atoms in total. The molecule has 0 bridgehead atoms. The van der Waals surface area contributed by atoms with Gasteiger partial charge in [-0.1, -0.05) is 0 Å². The predicted octanol–water partition coefficient (Wildman–Crippen LogP) is 1.38. The van der Waals surface area contributed by atoms with Gasteiger partial charge in [-0.05, 0) is 25.5 Å². The van der Waals surface area contributed by atoms with Crippen molar-refractivity contribution in [1.29, 1.82) is 0 Å². The Labute approximate surface area is 99.2 Å². The smallest absolute Gasteiger partial charge is 0.253 e. The molecule has 0 aliphatic carbocycles. The largest absolute Gasteiger partial charge is 0.381 e. The molecule has 1 aromatic heterocycles. The summed E-state index contributed by atoms with van der Waals surface area (Å²) in [6, 6.07) is 2.66. The number of pyridine rings is 1. The van der Waals surface area contributed by atoms with Crippen molar-refractivity contribution in [2.75, 3.05) is 13.2 Å². The number of amides is 1. The van der Waals surface area contributed by atoms with Crippen molar-refractivity contribution in [2.24, 2.45) is 5.92 Å². The van der Waals surface area contributed by atoms with Crippen molar-refractivity contribution in [3.05, 3.63) is 29.8 Å². The fourth-order valence-electron chi connectivity index (χ4n) is 1.87. The van der Waals surface area contributed by atoms with Gasteiger partial charge in [-0.2, -0.15) is 4.39 Å². The van der Waals surface area contributed by atoms with Crippen LogP contribution in [-0.2, 0) is 4.74 Å². The second-order valence-electron chi connectivity index (χ2n) is 4.26. The van der Waals surface area contributed by atoms with Gasteiger partial charge >= 0.3 is 0 Å². The number of ether oxygens (including phenoxy) is 1. The van der Waals surface area contributed by atoms with E-state index in [0.29, 0.717) is 18.1 Å². The highest BCUT2D eigenvalue weighted by Gasteiger charge is 2.23. The van der Waals surface area contributed by atoms with Gasteiger partial charge < -0.3 is 10.1 Å². The van der Waals surface area contributed by atoms with Crippen LogP contribution in [0.4, 0.5) is 4.39 Å². The van der Waals surface area contributed by atoms with Crippen molar-refractivity contribution < 1.29 is 13.9 Å². The lowest BCUT2D eigenvalue weighted by Gasteiger charge is -2.19. The summed E-state index contributed by atoms with van der Waals surface area (Å²) in [6.45, 7) is 3.39. The van der Waals surface area contributed by atoms with E-state index in [1.165, 1.54) is 18.3 Å². The summed E-state index contributed by atoms with van der Waals surface area (Å²) in [6.07, 6.45) is 2.20. The Morgan fingerprint density at radius 1 is 1.65 bits per heavy atom. The molecule has 1 saturated heterocycles. The van der Waals surface area contributed by atoms with E-state index in [2.05, 4.69) is 10.3 Å². The first-order chi connectivity index (χ1) is 8.16. The van der Waals surface area contributed by atoms with Gasteiger partial charge in [-0.15, -0.1) is 0 Å². The van der Waals surface area contributed by atoms with Crippen LogP contribution in [0.2, 0.25) is 0 Å². The number of nitrogens with one attached hydrogen (secondary N) is 1. The van der Waals surface area contributed by atoms with Crippen LogP contribution in [0.3, 0.4) is 0 Å². The molecule has 17 heavy (non-hydrogen) atoms. The van der Waals surface area contributed by atoms with Crippen LogP contribution in [0, 0.1) is 11.9 Å². The fraction of sp³-hybridized carbons (Fsp3) is 0.500. The number of nitrogens with zero attached hydrogens (tertiary/aromatic N) is 1. The molecule has 1 fully saturated rings. The third-order valence-corrected chi connectivity index (χ3v) is 3.02. The highest BCUT2D eigenvalue weighted by atomic mass is 19.1. The molecular formula is C12H15FN2O2. The molecular weight excluding hydrogens is 223 g/mol. The molecule has 0 spiro atoms. The highest BCUT2D eigenvalue weighted by molar-refractivity contribution is 5.93. The number of hydrogen-bond acceptors (Lipinski definition) is 3. The average molecular weight is 238 g/mol. The van der Waals surface area contributed by atoms with Crippen LogP contribution < -0.4 is 5.32 Å². The van der Waals surface area contributed by atoms with E-state index in [1.807, 2.05) is 6.92 Å². The first kappa shape index (κ1) is 12.0. The number of carbonyl (C=O) groups excluding carboxylic acids is 1. The summed E-state index contributed by atoms with van der Waals surface area (Å²) < 4.78 is 17.9. The van der Waals surface area contributed by atoms with Crippen molar-refractivity contribution in [1.82, 2.24) is 10.3 Å². The molecule has 2 rings (SSSR count). The van der Waals surface area contributed by atoms with Gasteiger partial charge in [-0.3, -0.25) is 4.79 Å². The lowest BCUT2D eigenvalue weighted by Crippen LogP contribution is -2.38. The Morgan fingerprint density at radius 2 is 2.47 bits per heavy atom. The summed E-state index contributed by atoms with van der Waals surface area (Å²) in [7, 11) is 0. The minimum atomic E-state index is -0.584. The van der Waals surface area contributed by atoms with Crippen molar-refractivity contribution >= 4 is 5.91 Å². The molecule has 0 radical (unpaired) electrons. The summed E-state index contributed by atoms with van der Waals surface area (Å²) >= 11 is 0. The fourth-order valence-corrected chi connectivity index (χ4v) is 1.87. The monoisotopic (exact) mass is 238 g/mol. The lowest BCUT2D eigenvalue weighted by atomic mass is 10.0. The minimum Gasteiger partial charge on any atom is -0.381 e. The number of aromatic nitrogens is 1. The van der Waals surface area contributed by atoms with Gasteiger partial charge in [0.05, 0.1) is 12.2 Å². The number of rotatable bonds is 3. The van der Waals surface area contributed by atoms with E-state index in [-0.39, 0.29) is 11.9 Å². The molecule has 1 N–H and O–H groups in total. The van der Waals surface area contributed by atoms with Crippen LogP contribution in [-0.4, -0.2) is 30.1 Å². The number of hydrogen-bond donors (Lipinski definition) is 1. The molecule has 2 unspecified atom stereocenters. The Kier molecular flexibility index (Phi) is 3.68. The molecule has 92 valence electrons. The topological polar surface area (TPSA) is 51.2 Å². The van der Waals surface area contributed by atoms with Gasteiger partial charge in [0, 0.05) is 24.8 Å². The van der Waals surface area contributed by atoms with Crippen LogP contribution >= 0.6 is 0 Å². The van der Waals surface area contributed by atoms with Crippen molar-refractivity contribution in [3.63, 3.8) is 0 Å². The van der Waals surface area contributed by atoms with Crippen molar-refractivity contribution in [2.45, 2.75) is 19.4 Å². The van der Waals surface area contributed by atoms with Crippen LogP contribution in [0.5, 0.6) is 0 Å². The first-order valence-corrected chi connectivity index (χ1v) is 5.67. The Bertz CT molecular complexity index is 388. The third kappa shape index (κ3) is 3.00. The normalized spacial score (nSPS) is 21.2. The van der Waals surface area contributed by atoms with Gasteiger partial charge in [0.1, 0.15) is 0 Å². The molecule has 2 heterocycles. The summed E-state index contributed by atoms with van der Waals surface area (Å²) in [5.41, 5.74) is 0.372. The van der Waals surface area contributed by atoms with Crippen LogP contribution in [0.25, 0.3) is 0 Å². The Balaban J connectivity index is 1.94. The summed E-state index contributed by atoms with van der Waals surface area (Å²) in [4.78, 5) is 15.3. The number of halogens is 1. The zero-order valence-corrected chi connectivity index (χ0v) is 9.65. The molecule has 1 aliphatic heterocycles. The van der Waals surface area contributed by atoms with E-state index in [4.69, 9.17) is 4.74 Å². The predicted molar refractivity (Wildman–Crippen MR) is 60.0 cm³/mol. The Hall–Kier alpha value is -1.49. The maximum atomic E-state index is 12.6. The average Bonchev–Trinajstić information content (AvgIpc) is 2.83. The minimum absolute atomic E-state index is 0.0510. The molecule has 2 atom stereocenters. The van der Waals surface area contributed by atoms with E-state index >= 15 is 0 Å². The molecule has 1 aliphatic rings. The lowest BCUT2D eigenvalue weighted by molar-refractivity contribution is 0.0921. The van der Waals surface area contributed by atoms with E-state index in [9.17, 15) is 9.18 Å². The highest BCUT2D eigenvalue weighted by Crippen LogP contribution is 2.16. The van der Waals surface area contributed by atoms with Gasteiger partial charge in [0.2, 0.25) is 5.95 Å². The molecule has 0 aromatic carbocycles. The maximum Gasteiger partial charge on any atom is 0.253 e.